The van der Waals surface area contributed by atoms with E-state index in [0.717, 1.165) is 22.4 Å². The Labute approximate surface area is 117 Å². The van der Waals surface area contributed by atoms with Gasteiger partial charge in [0.1, 0.15) is 17.5 Å². The molecule has 20 heavy (non-hydrogen) atoms. The fraction of sp³-hybridized carbons (Fsp3) is 0.267. The van der Waals surface area contributed by atoms with Gasteiger partial charge in [0.15, 0.2) is 0 Å². The molecule has 102 valence electrons. The van der Waals surface area contributed by atoms with E-state index in [0.29, 0.717) is 11.6 Å². The SMILES string of the molecule is CC(C)(C)c1ncc(-c2nc3ccccc3[nH]2)c(N)n1. The highest BCUT2D eigenvalue weighted by Gasteiger charge is 2.19. The number of nitrogens with two attached hydrogens (primary N) is 1. The highest BCUT2D eigenvalue weighted by molar-refractivity contribution is 5.81. The largest absolute Gasteiger partial charge is 0.383 e. The van der Waals surface area contributed by atoms with Crippen LogP contribution in [0.2, 0.25) is 0 Å². The average Bonchev–Trinajstić information content (AvgIpc) is 2.80. The first kappa shape index (κ1) is 12.6. The van der Waals surface area contributed by atoms with Gasteiger partial charge >= 0.3 is 0 Å². The Morgan fingerprint density at radius 3 is 2.50 bits per heavy atom. The van der Waals surface area contributed by atoms with Crippen molar-refractivity contribution in [2.75, 3.05) is 5.73 Å². The van der Waals surface area contributed by atoms with Gasteiger partial charge in [-0.05, 0) is 12.1 Å². The van der Waals surface area contributed by atoms with Crippen LogP contribution < -0.4 is 5.73 Å². The Kier molecular flexibility index (Phi) is 2.71. The summed E-state index contributed by atoms with van der Waals surface area (Å²) in [7, 11) is 0. The summed E-state index contributed by atoms with van der Waals surface area (Å²) in [5, 5.41) is 0. The molecule has 2 heterocycles. The molecule has 0 atom stereocenters. The molecular weight excluding hydrogens is 250 g/mol. The maximum Gasteiger partial charge on any atom is 0.143 e. The van der Waals surface area contributed by atoms with E-state index in [1.54, 1.807) is 6.20 Å². The summed E-state index contributed by atoms with van der Waals surface area (Å²) in [6, 6.07) is 7.85. The van der Waals surface area contributed by atoms with Crippen LogP contribution in [0.1, 0.15) is 26.6 Å². The number of aromatic nitrogens is 4. The predicted molar refractivity (Wildman–Crippen MR) is 80.2 cm³/mol. The summed E-state index contributed by atoms with van der Waals surface area (Å²) < 4.78 is 0. The van der Waals surface area contributed by atoms with Gasteiger partial charge in [0.2, 0.25) is 0 Å². The third-order valence-electron chi connectivity index (χ3n) is 3.13. The molecule has 0 aliphatic rings. The first-order chi connectivity index (χ1) is 9.45. The third-order valence-corrected chi connectivity index (χ3v) is 3.13. The van der Waals surface area contributed by atoms with Crippen LogP contribution in [0, 0.1) is 0 Å². The minimum atomic E-state index is -0.124. The topological polar surface area (TPSA) is 80.5 Å². The van der Waals surface area contributed by atoms with Crippen molar-refractivity contribution >= 4 is 16.9 Å². The number of nitrogens with one attached hydrogen (secondary N) is 1. The molecule has 0 saturated carbocycles. The van der Waals surface area contributed by atoms with Crippen molar-refractivity contribution in [3.05, 3.63) is 36.3 Å². The highest BCUT2D eigenvalue weighted by Crippen LogP contribution is 2.26. The number of H-pyrrole nitrogens is 1. The maximum absolute atomic E-state index is 6.06. The third kappa shape index (κ3) is 2.11. The van der Waals surface area contributed by atoms with Gasteiger partial charge in [-0.3, -0.25) is 0 Å². The number of rotatable bonds is 1. The molecular formula is C15H17N5. The van der Waals surface area contributed by atoms with E-state index >= 15 is 0 Å². The fourth-order valence-electron chi connectivity index (χ4n) is 2.02. The zero-order chi connectivity index (χ0) is 14.3. The lowest BCUT2D eigenvalue weighted by molar-refractivity contribution is 0.546. The minimum Gasteiger partial charge on any atom is -0.383 e. The van der Waals surface area contributed by atoms with Gasteiger partial charge in [-0.2, -0.15) is 0 Å². The average molecular weight is 267 g/mol. The number of fused-ring (bicyclic) bond motifs is 1. The minimum absolute atomic E-state index is 0.124. The monoisotopic (exact) mass is 267 g/mol. The molecule has 0 aliphatic carbocycles. The van der Waals surface area contributed by atoms with E-state index in [9.17, 15) is 0 Å². The second kappa shape index (κ2) is 4.30. The van der Waals surface area contributed by atoms with E-state index in [2.05, 4.69) is 40.7 Å². The van der Waals surface area contributed by atoms with Crippen LogP contribution in [0.15, 0.2) is 30.5 Å². The van der Waals surface area contributed by atoms with Crippen LogP contribution in [-0.4, -0.2) is 19.9 Å². The number of aromatic amines is 1. The Balaban J connectivity index is 2.10. The van der Waals surface area contributed by atoms with Crippen molar-refractivity contribution in [2.45, 2.75) is 26.2 Å². The smallest absolute Gasteiger partial charge is 0.143 e. The Morgan fingerprint density at radius 1 is 1.10 bits per heavy atom. The van der Waals surface area contributed by atoms with Crippen LogP contribution >= 0.6 is 0 Å². The number of benzene rings is 1. The standard InChI is InChI=1S/C15H17N5/c1-15(2,3)14-17-8-9(12(16)20-14)13-18-10-6-4-5-7-11(10)19-13/h4-8H,1-3H3,(H,18,19)(H2,16,17,20). The van der Waals surface area contributed by atoms with Gasteiger partial charge in [-0.25, -0.2) is 15.0 Å². The zero-order valence-corrected chi connectivity index (χ0v) is 11.8. The molecule has 5 nitrogen and oxygen atoms in total. The maximum atomic E-state index is 6.06. The first-order valence-electron chi connectivity index (χ1n) is 6.53. The highest BCUT2D eigenvalue weighted by atomic mass is 15.0. The number of para-hydroxylation sites is 2. The molecule has 3 N–H and O–H groups in total. The molecule has 0 amide bonds. The predicted octanol–water partition coefficient (Wildman–Crippen LogP) is 2.90. The molecule has 0 spiro atoms. The van der Waals surface area contributed by atoms with Gasteiger partial charge in [-0.15, -0.1) is 0 Å². The summed E-state index contributed by atoms with van der Waals surface area (Å²) in [5.74, 6) is 1.88. The van der Waals surface area contributed by atoms with Crippen LogP contribution in [0.3, 0.4) is 0 Å². The second-order valence-electron chi connectivity index (χ2n) is 5.85. The second-order valence-corrected chi connectivity index (χ2v) is 5.85. The molecule has 0 radical (unpaired) electrons. The Bertz CT molecular complexity index is 734. The van der Waals surface area contributed by atoms with Crippen molar-refractivity contribution in [2.24, 2.45) is 0 Å². The van der Waals surface area contributed by atoms with Crippen molar-refractivity contribution in [3.8, 4) is 11.4 Å². The molecule has 5 heteroatoms. The van der Waals surface area contributed by atoms with Crippen molar-refractivity contribution < 1.29 is 0 Å². The van der Waals surface area contributed by atoms with Crippen molar-refractivity contribution in [1.29, 1.82) is 0 Å². The molecule has 0 fully saturated rings. The van der Waals surface area contributed by atoms with Crippen LogP contribution in [0.5, 0.6) is 0 Å². The normalized spacial score (nSPS) is 11.9. The number of nitrogens with zero attached hydrogens (tertiary/aromatic N) is 3. The molecule has 1 aromatic carbocycles. The number of anilines is 1. The van der Waals surface area contributed by atoms with E-state index in [1.165, 1.54) is 0 Å². The lowest BCUT2D eigenvalue weighted by Crippen LogP contribution is -2.17. The van der Waals surface area contributed by atoms with Crippen molar-refractivity contribution in [3.63, 3.8) is 0 Å². The lowest BCUT2D eigenvalue weighted by atomic mass is 9.95. The number of imidazole rings is 1. The molecule has 2 aromatic heterocycles. The van der Waals surface area contributed by atoms with E-state index < -0.39 is 0 Å². The lowest BCUT2D eigenvalue weighted by Gasteiger charge is -2.16. The molecule has 0 bridgehead atoms. The number of hydrogen-bond acceptors (Lipinski definition) is 4. The van der Waals surface area contributed by atoms with Gasteiger partial charge in [0, 0.05) is 11.6 Å². The molecule has 3 rings (SSSR count). The van der Waals surface area contributed by atoms with Crippen LogP contribution in [0.4, 0.5) is 5.82 Å². The van der Waals surface area contributed by atoms with Gasteiger partial charge < -0.3 is 10.7 Å². The Morgan fingerprint density at radius 2 is 1.85 bits per heavy atom. The van der Waals surface area contributed by atoms with E-state index in [4.69, 9.17) is 5.73 Å². The van der Waals surface area contributed by atoms with Gasteiger partial charge in [-0.1, -0.05) is 32.9 Å². The van der Waals surface area contributed by atoms with Gasteiger partial charge in [0.05, 0.1) is 16.6 Å². The van der Waals surface area contributed by atoms with E-state index in [1.807, 2.05) is 24.3 Å². The van der Waals surface area contributed by atoms with Crippen LogP contribution in [0.25, 0.3) is 22.4 Å². The van der Waals surface area contributed by atoms with Crippen LogP contribution in [-0.2, 0) is 5.41 Å². The summed E-state index contributed by atoms with van der Waals surface area (Å²) >= 11 is 0. The summed E-state index contributed by atoms with van der Waals surface area (Å²) in [4.78, 5) is 16.6. The molecule has 0 saturated heterocycles. The number of hydrogen-bond donors (Lipinski definition) is 2. The Hall–Kier alpha value is -2.43. The molecule has 0 aliphatic heterocycles. The van der Waals surface area contributed by atoms with E-state index in [-0.39, 0.29) is 5.41 Å². The van der Waals surface area contributed by atoms with Crippen molar-refractivity contribution in [1.82, 2.24) is 19.9 Å². The number of nitrogen functional groups attached to an aromatic ring is 1. The zero-order valence-electron chi connectivity index (χ0n) is 11.8. The summed E-state index contributed by atoms with van der Waals surface area (Å²) in [6.45, 7) is 6.17. The quantitative estimate of drug-likeness (QED) is 0.710. The first-order valence-corrected chi connectivity index (χ1v) is 6.53. The summed E-state index contributed by atoms with van der Waals surface area (Å²) in [6.07, 6.45) is 1.74. The summed E-state index contributed by atoms with van der Waals surface area (Å²) in [5.41, 5.74) is 8.55. The molecule has 3 aromatic rings. The molecule has 0 unspecified atom stereocenters. The fourth-order valence-corrected chi connectivity index (χ4v) is 2.02. The van der Waals surface area contributed by atoms with Gasteiger partial charge in [0.25, 0.3) is 0 Å².